The molecule has 0 N–H and O–H groups in total. The summed E-state index contributed by atoms with van der Waals surface area (Å²) in [4.78, 5) is 4.34. The van der Waals surface area contributed by atoms with Gasteiger partial charge in [-0.05, 0) is 51.7 Å². The van der Waals surface area contributed by atoms with Gasteiger partial charge in [0.05, 0.1) is 5.25 Å². The predicted molar refractivity (Wildman–Crippen MR) is 88.4 cm³/mol. The molecule has 2 fully saturated rings. The van der Waals surface area contributed by atoms with Crippen LogP contribution in [-0.4, -0.2) is 82.5 Å². The topological polar surface area (TPSA) is 74.8 Å². The van der Waals surface area contributed by atoms with Gasteiger partial charge in [-0.1, -0.05) is 0 Å². The molecule has 0 spiro atoms. The molecule has 0 saturated carbocycles. The molecule has 1 atom stereocenters. The molecule has 0 aliphatic carbocycles. The lowest BCUT2D eigenvalue weighted by molar-refractivity contribution is 0.151. The first-order valence-electron chi connectivity index (χ1n) is 8.02. The van der Waals surface area contributed by atoms with E-state index in [0.29, 0.717) is 12.8 Å². The molecule has 0 aromatic rings. The van der Waals surface area contributed by atoms with Crippen molar-refractivity contribution in [2.24, 2.45) is 0 Å². The normalized spacial score (nSPS) is 27.1. The van der Waals surface area contributed by atoms with Gasteiger partial charge in [-0.15, -0.1) is 0 Å². The van der Waals surface area contributed by atoms with Gasteiger partial charge in [0.15, 0.2) is 9.84 Å². The molecule has 130 valence electrons. The number of hydrogen-bond acceptors (Lipinski definition) is 6. The number of rotatable bonds is 5. The van der Waals surface area contributed by atoms with Gasteiger partial charge >= 0.3 is 0 Å². The molecular formula is C14H28N2O4S2. The molecule has 2 aliphatic rings. The van der Waals surface area contributed by atoms with E-state index in [-0.39, 0.29) is 10.6 Å². The molecule has 0 amide bonds. The highest BCUT2D eigenvalue weighted by Gasteiger charge is 2.31. The van der Waals surface area contributed by atoms with Gasteiger partial charge in [0.1, 0.15) is 15.2 Å². The zero-order chi connectivity index (χ0) is 16.4. The van der Waals surface area contributed by atoms with Gasteiger partial charge in [-0.25, -0.2) is 16.8 Å². The van der Waals surface area contributed by atoms with E-state index >= 15 is 0 Å². The van der Waals surface area contributed by atoms with Crippen molar-refractivity contribution in [2.45, 2.75) is 42.7 Å². The summed E-state index contributed by atoms with van der Waals surface area (Å²) in [5.74, 6) is 0. The second kappa shape index (κ2) is 7.15. The lowest BCUT2D eigenvalue weighted by Crippen LogP contribution is -2.48. The van der Waals surface area contributed by atoms with E-state index in [0.717, 1.165) is 52.0 Å². The highest BCUT2D eigenvalue weighted by atomic mass is 32.2. The molecule has 2 aliphatic heterocycles. The van der Waals surface area contributed by atoms with E-state index in [9.17, 15) is 16.8 Å². The Morgan fingerprint density at radius 1 is 0.818 bits per heavy atom. The summed E-state index contributed by atoms with van der Waals surface area (Å²) >= 11 is 0. The molecule has 0 radical (unpaired) electrons. The van der Waals surface area contributed by atoms with E-state index in [2.05, 4.69) is 9.80 Å². The summed E-state index contributed by atoms with van der Waals surface area (Å²) < 4.78 is 46.9. The Kier molecular flexibility index (Phi) is 5.90. The molecule has 1 unspecified atom stereocenters. The van der Waals surface area contributed by atoms with Gasteiger partial charge in [0, 0.05) is 25.6 Å². The molecule has 2 heterocycles. The molecule has 22 heavy (non-hydrogen) atoms. The van der Waals surface area contributed by atoms with Crippen LogP contribution in [0.1, 0.15) is 32.1 Å². The zero-order valence-electron chi connectivity index (χ0n) is 13.6. The number of hydrogen-bond donors (Lipinski definition) is 0. The first kappa shape index (κ1) is 18.2. The third-order valence-electron chi connectivity index (χ3n) is 4.89. The average molecular weight is 353 g/mol. The molecule has 2 rings (SSSR count). The fourth-order valence-corrected chi connectivity index (χ4v) is 5.95. The minimum absolute atomic E-state index is 0.206. The van der Waals surface area contributed by atoms with Crippen LogP contribution in [0.15, 0.2) is 0 Å². The van der Waals surface area contributed by atoms with Crippen molar-refractivity contribution in [3.63, 3.8) is 0 Å². The Balaban J connectivity index is 1.83. The van der Waals surface area contributed by atoms with Crippen molar-refractivity contribution in [1.82, 2.24) is 9.80 Å². The van der Waals surface area contributed by atoms with Gasteiger partial charge < -0.3 is 4.90 Å². The molecule has 0 bridgehead atoms. The maximum absolute atomic E-state index is 11.9. The van der Waals surface area contributed by atoms with Crippen molar-refractivity contribution in [2.75, 3.05) is 45.2 Å². The van der Waals surface area contributed by atoms with Gasteiger partial charge in [-0.2, -0.15) is 0 Å². The largest absolute Gasteiger partial charge is 0.302 e. The van der Waals surface area contributed by atoms with E-state index in [1.165, 1.54) is 12.5 Å². The molecule has 0 aromatic carbocycles. The monoisotopic (exact) mass is 352 g/mol. The standard InChI is InChI=1S/C14H28N2O4S2/c1-21(17,18)13-6-9-15(10-7-13)11-12-16-8-4-3-5-14(16)22(2,19)20/h13-14H,3-12H2,1-2H3. The maximum Gasteiger partial charge on any atom is 0.163 e. The Morgan fingerprint density at radius 2 is 1.45 bits per heavy atom. The lowest BCUT2D eigenvalue weighted by Gasteiger charge is -2.37. The van der Waals surface area contributed by atoms with Gasteiger partial charge in [0.25, 0.3) is 0 Å². The fourth-order valence-electron chi connectivity index (χ4n) is 3.53. The van der Waals surface area contributed by atoms with Crippen LogP contribution in [-0.2, 0) is 19.7 Å². The van der Waals surface area contributed by atoms with Crippen LogP contribution in [0.4, 0.5) is 0 Å². The minimum Gasteiger partial charge on any atom is -0.302 e. The number of piperidine rings is 2. The second-order valence-electron chi connectivity index (χ2n) is 6.69. The number of likely N-dealkylation sites (tertiary alicyclic amines) is 2. The quantitative estimate of drug-likeness (QED) is 0.711. The van der Waals surface area contributed by atoms with Crippen molar-refractivity contribution in [3.05, 3.63) is 0 Å². The molecular weight excluding hydrogens is 324 g/mol. The third kappa shape index (κ3) is 4.91. The smallest absolute Gasteiger partial charge is 0.163 e. The minimum atomic E-state index is -3.03. The van der Waals surface area contributed by atoms with Crippen LogP contribution in [0.25, 0.3) is 0 Å². The molecule has 0 aromatic heterocycles. The Morgan fingerprint density at radius 3 is 2.00 bits per heavy atom. The molecule has 2 saturated heterocycles. The maximum atomic E-state index is 11.9. The SMILES string of the molecule is CS(=O)(=O)C1CCN(CCN2CCCCC2S(C)(=O)=O)CC1. The predicted octanol–water partition coefficient (Wildman–Crippen LogP) is 0.352. The van der Waals surface area contributed by atoms with Gasteiger partial charge in [-0.3, -0.25) is 4.90 Å². The second-order valence-corrected chi connectivity index (χ2v) is 11.2. The Hall–Kier alpha value is -0.180. The fraction of sp³-hybridized carbons (Fsp3) is 1.00. The van der Waals surface area contributed by atoms with Crippen LogP contribution in [0.2, 0.25) is 0 Å². The van der Waals surface area contributed by atoms with Crippen LogP contribution in [0.5, 0.6) is 0 Å². The Bertz CT molecular complexity index is 566. The van der Waals surface area contributed by atoms with E-state index in [1.54, 1.807) is 0 Å². The molecule has 6 nitrogen and oxygen atoms in total. The van der Waals surface area contributed by atoms with Crippen molar-refractivity contribution < 1.29 is 16.8 Å². The van der Waals surface area contributed by atoms with Crippen LogP contribution >= 0.6 is 0 Å². The van der Waals surface area contributed by atoms with Crippen LogP contribution < -0.4 is 0 Å². The van der Waals surface area contributed by atoms with Gasteiger partial charge in [0.2, 0.25) is 0 Å². The molecule has 8 heteroatoms. The summed E-state index contributed by atoms with van der Waals surface area (Å²) in [6.45, 7) is 3.99. The first-order valence-corrected chi connectivity index (χ1v) is 11.9. The number of nitrogens with zero attached hydrogens (tertiary/aromatic N) is 2. The van der Waals surface area contributed by atoms with Crippen LogP contribution in [0.3, 0.4) is 0 Å². The summed E-state index contributed by atoms with van der Waals surface area (Å²) in [5.41, 5.74) is 0. The Labute approximate surface area is 134 Å². The highest BCUT2D eigenvalue weighted by Crippen LogP contribution is 2.22. The van der Waals surface area contributed by atoms with Crippen molar-refractivity contribution in [3.8, 4) is 0 Å². The highest BCUT2D eigenvalue weighted by molar-refractivity contribution is 7.91. The third-order valence-corrected chi connectivity index (χ3v) is 8.10. The van der Waals surface area contributed by atoms with Crippen LogP contribution in [0, 0.1) is 0 Å². The van der Waals surface area contributed by atoms with E-state index in [4.69, 9.17) is 0 Å². The van der Waals surface area contributed by atoms with Crippen molar-refractivity contribution in [1.29, 1.82) is 0 Å². The summed E-state index contributed by atoms with van der Waals surface area (Å²) in [7, 11) is -5.96. The first-order chi connectivity index (χ1) is 10.2. The van der Waals surface area contributed by atoms with E-state index in [1.807, 2.05) is 0 Å². The zero-order valence-corrected chi connectivity index (χ0v) is 15.2. The average Bonchev–Trinajstić information content (AvgIpc) is 2.44. The summed E-state index contributed by atoms with van der Waals surface area (Å²) in [6, 6.07) is 0. The summed E-state index contributed by atoms with van der Waals surface area (Å²) in [5, 5.41) is -0.544. The summed E-state index contributed by atoms with van der Waals surface area (Å²) in [6.07, 6.45) is 6.79. The van der Waals surface area contributed by atoms with E-state index < -0.39 is 19.7 Å². The lowest BCUT2D eigenvalue weighted by atomic mass is 10.1. The van der Waals surface area contributed by atoms with Crippen molar-refractivity contribution >= 4 is 19.7 Å². The number of sulfone groups is 2.